The first-order valence-electron chi connectivity index (χ1n) is 8.89. The summed E-state index contributed by atoms with van der Waals surface area (Å²) in [6.45, 7) is 9.04. The Bertz CT molecular complexity index is 648. The van der Waals surface area contributed by atoms with E-state index in [1.165, 1.54) is 5.56 Å². The highest BCUT2D eigenvalue weighted by Crippen LogP contribution is 2.12. The average Bonchev–Trinajstić information content (AvgIpc) is 2.67. The predicted molar refractivity (Wildman–Crippen MR) is 106 cm³/mol. The molecule has 0 saturated carbocycles. The van der Waals surface area contributed by atoms with Gasteiger partial charge in [-0.1, -0.05) is 36.4 Å². The smallest absolute Gasteiger partial charge is 0.191 e. The van der Waals surface area contributed by atoms with Crippen molar-refractivity contribution in [3.8, 4) is 0 Å². The van der Waals surface area contributed by atoms with Crippen LogP contribution < -0.4 is 15.5 Å². The van der Waals surface area contributed by atoms with Crippen LogP contribution in [0.25, 0.3) is 0 Å². The fraction of sp³-hybridized carbons (Fsp3) is 0.400. The number of hydrogen-bond donors (Lipinski definition) is 2. The molecule has 0 saturated heterocycles. The zero-order valence-corrected chi connectivity index (χ0v) is 15.7. The summed E-state index contributed by atoms with van der Waals surface area (Å²) in [4.78, 5) is 11.1. The van der Waals surface area contributed by atoms with Gasteiger partial charge in [-0.3, -0.25) is 4.99 Å². The molecular formula is C20H29N5. The Hall–Kier alpha value is -2.56. The summed E-state index contributed by atoms with van der Waals surface area (Å²) in [5.41, 5.74) is 2.36. The van der Waals surface area contributed by atoms with Gasteiger partial charge in [-0.25, -0.2) is 4.98 Å². The monoisotopic (exact) mass is 339 g/mol. The number of aliphatic imine (C=N–C) groups is 1. The van der Waals surface area contributed by atoms with Crippen molar-refractivity contribution in [3.05, 3.63) is 59.8 Å². The quantitative estimate of drug-likeness (QED) is 0.600. The number of anilines is 1. The lowest BCUT2D eigenvalue weighted by molar-refractivity contribution is 0.685. The first-order valence-corrected chi connectivity index (χ1v) is 8.89. The maximum Gasteiger partial charge on any atom is 0.191 e. The number of guanidine groups is 1. The largest absolute Gasteiger partial charge is 0.357 e. The van der Waals surface area contributed by atoms with Crippen LogP contribution >= 0.6 is 0 Å². The van der Waals surface area contributed by atoms with Crippen molar-refractivity contribution in [1.82, 2.24) is 15.6 Å². The first-order chi connectivity index (χ1) is 12.2. The van der Waals surface area contributed by atoms with Gasteiger partial charge in [-0.15, -0.1) is 0 Å². The molecule has 25 heavy (non-hydrogen) atoms. The van der Waals surface area contributed by atoms with Crippen LogP contribution in [-0.2, 0) is 6.54 Å². The summed E-state index contributed by atoms with van der Waals surface area (Å²) in [5, 5.41) is 6.76. The van der Waals surface area contributed by atoms with Gasteiger partial charge in [0.25, 0.3) is 0 Å². The third-order valence-corrected chi connectivity index (χ3v) is 4.23. The highest BCUT2D eigenvalue weighted by molar-refractivity contribution is 5.80. The molecule has 2 rings (SSSR count). The lowest BCUT2D eigenvalue weighted by Crippen LogP contribution is -2.38. The molecule has 1 atom stereocenters. The van der Waals surface area contributed by atoms with Gasteiger partial charge in [-0.2, -0.15) is 0 Å². The van der Waals surface area contributed by atoms with Crippen LogP contribution in [0.4, 0.5) is 5.82 Å². The molecule has 0 fully saturated rings. The number of hydrogen-bond acceptors (Lipinski definition) is 3. The predicted octanol–water partition coefficient (Wildman–Crippen LogP) is 3.35. The summed E-state index contributed by atoms with van der Waals surface area (Å²) in [6.07, 6.45) is 1.93. The molecule has 1 unspecified atom stereocenters. The van der Waals surface area contributed by atoms with Gasteiger partial charge in [0.05, 0.1) is 6.04 Å². The van der Waals surface area contributed by atoms with Crippen molar-refractivity contribution in [2.75, 3.05) is 25.0 Å². The Morgan fingerprint density at radius 3 is 2.40 bits per heavy atom. The normalized spacial score (nSPS) is 12.6. The van der Waals surface area contributed by atoms with Crippen LogP contribution in [0.1, 0.15) is 37.9 Å². The third kappa shape index (κ3) is 5.48. The van der Waals surface area contributed by atoms with Crippen molar-refractivity contribution in [2.45, 2.75) is 33.4 Å². The number of nitrogens with zero attached hydrogens (tertiary/aromatic N) is 3. The second-order valence-corrected chi connectivity index (χ2v) is 5.90. The molecule has 2 aromatic rings. The molecule has 0 radical (unpaired) electrons. The Labute approximate surface area is 151 Å². The second-order valence-electron chi connectivity index (χ2n) is 5.90. The van der Waals surface area contributed by atoms with Gasteiger partial charge >= 0.3 is 0 Å². The highest BCUT2D eigenvalue weighted by atomic mass is 15.2. The summed E-state index contributed by atoms with van der Waals surface area (Å²) < 4.78 is 0. The van der Waals surface area contributed by atoms with Gasteiger partial charge in [0.15, 0.2) is 5.96 Å². The molecule has 134 valence electrons. The van der Waals surface area contributed by atoms with Crippen LogP contribution in [0.3, 0.4) is 0 Å². The van der Waals surface area contributed by atoms with E-state index in [1.54, 1.807) is 7.05 Å². The van der Waals surface area contributed by atoms with E-state index >= 15 is 0 Å². The lowest BCUT2D eigenvalue weighted by Gasteiger charge is -2.20. The van der Waals surface area contributed by atoms with Crippen molar-refractivity contribution >= 4 is 11.8 Å². The van der Waals surface area contributed by atoms with E-state index in [4.69, 9.17) is 0 Å². The fourth-order valence-electron chi connectivity index (χ4n) is 2.67. The van der Waals surface area contributed by atoms with E-state index in [-0.39, 0.29) is 6.04 Å². The van der Waals surface area contributed by atoms with Crippen molar-refractivity contribution in [1.29, 1.82) is 0 Å². The Morgan fingerprint density at radius 1 is 1.12 bits per heavy atom. The van der Waals surface area contributed by atoms with Crippen LogP contribution in [-0.4, -0.2) is 31.1 Å². The van der Waals surface area contributed by atoms with Crippen LogP contribution in [0.5, 0.6) is 0 Å². The topological polar surface area (TPSA) is 52.5 Å². The molecule has 5 nitrogen and oxygen atoms in total. The minimum absolute atomic E-state index is 0.190. The molecule has 1 heterocycles. The first kappa shape index (κ1) is 18.8. The molecule has 0 aliphatic carbocycles. The number of pyridine rings is 1. The molecule has 1 aromatic carbocycles. The third-order valence-electron chi connectivity index (χ3n) is 4.23. The maximum atomic E-state index is 4.56. The standard InChI is InChI=1S/C20H29N5/c1-5-25(6-2)19-13-12-17(14-22-19)15-23-20(21-4)24-16(3)18-10-8-7-9-11-18/h7-14,16H,5-6,15H2,1-4H3,(H2,21,23,24). The van der Waals surface area contributed by atoms with Crippen molar-refractivity contribution < 1.29 is 0 Å². The summed E-state index contributed by atoms with van der Waals surface area (Å²) in [5.74, 6) is 1.80. The van der Waals surface area contributed by atoms with Gasteiger partial charge in [-0.05, 0) is 38.0 Å². The molecule has 2 N–H and O–H groups in total. The van der Waals surface area contributed by atoms with Crippen LogP contribution in [0, 0.1) is 0 Å². The van der Waals surface area contributed by atoms with Gasteiger partial charge in [0.1, 0.15) is 5.82 Å². The number of benzene rings is 1. The van der Waals surface area contributed by atoms with E-state index in [1.807, 2.05) is 24.4 Å². The van der Waals surface area contributed by atoms with Gasteiger partial charge in [0, 0.05) is 32.9 Å². The van der Waals surface area contributed by atoms with E-state index in [0.29, 0.717) is 6.54 Å². The van der Waals surface area contributed by atoms with Gasteiger partial charge < -0.3 is 15.5 Å². The van der Waals surface area contributed by atoms with Crippen molar-refractivity contribution in [3.63, 3.8) is 0 Å². The van der Waals surface area contributed by atoms with Crippen molar-refractivity contribution in [2.24, 2.45) is 4.99 Å². The second kappa shape index (κ2) is 9.67. The van der Waals surface area contributed by atoms with E-state index in [2.05, 4.69) is 70.5 Å². The van der Waals surface area contributed by atoms with E-state index in [0.717, 1.165) is 30.4 Å². The lowest BCUT2D eigenvalue weighted by atomic mass is 10.1. The summed E-state index contributed by atoms with van der Waals surface area (Å²) in [7, 11) is 1.79. The zero-order valence-electron chi connectivity index (χ0n) is 15.7. The molecule has 0 aliphatic heterocycles. The number of rotatable bonds is 7. The molecule has 0 spiro atoms. The van der Waals surface area contributed by atoms with E-state index in [9.17, 15) is 0 Å². The molecule has 0 aliphatic rings. The Balaban J connectivity index is 1.90. The zero-order chi connectivity index (χ0) is 18.1. The Kier molecular flexibility index (Phi) is 7.26. The minimum Gasteiger partial charge on any atom is -0.357 e. The van der Waals surface area contributed by atoms with Crippen LogP contribution in [0.15, 0.2) is 53.7 Å². The SMILES string of the molecule is CCN(CC)c1ccc(CNC(=NC)NC(C)c2ccccc2)cn1. The number of aromatic nitrogens is 1. The number of nitrogens with one attached hydrogen (secondary N) is 2. The summed E-state index contributed by atoms with van der Waals surface area (Å²) >= 11 is 0. The molecule has 1 aromatic heterocycles. The average molecular weight is 339 g/mol. The fourth-order valence-corrected chi connectivity index (χ4v) is 2.67. The highest BCUT2D eigenvalue weighted by Gasteiger charge is 2.07. The van der Waals surface area contributed by atoms with Crippen LogP contribution in [0.2, 0.25) is 0 Å². The minimum atomic E-state index is 0.190. The molecular weight excluding hydrogens is 310 g/mol. The Morgan fingerprint density at radius 2 is 1.84 bits per heavy atom. The maximum absolute atomic E-state index is 4.56. The van der Waals surface area contributed by atoms with E-state index < -0.39 is 0 Å². The molecule has 5 heteroatoms. The van der Waals surface area contributed by atoms with Gasteiger partial charge in [0.2, 0.25) is 0 Å². The molecule has 0 amide bonds. The molecule has 0 bridgehead atoms. The summed E-state index contributed by atoms with van der Waals surface area (Å²) in [6, 6.07) is 14.7.